The van der Waals surface area contributed by atoms with Crippen LogP contribution in [0.4, 0.5) is 27.8 Å². The van der Waals surface area contributed by atoms with E-state index >= 15 is 0 Å². The Labute approximate surface area is 155 Å². The first-order valence-electron chi connectivity index (χ1n) is 7.62. The molecule has 0 aliphatic carbocycles. The summed E-state index contributed by atoms with van der Waals surface area (Å²) in [6.07, 6.45) is -4.44. The smallest absolute Gasteiger partial charge is 0.366 e. The fraction of sp³-hybridized carbons (Fsp3) is 0.111. The van der Waals surface area contributed by atoms with E-state index in [1.165, 1.54) is 24.3 Å². The van der Waals surface area contributed by atoms with Gasteiger partial charge in [-0.1, -0.05) is 29.8 Å². The van der Waals surface area contributed by atoms with Crippen LogP contribution in [0.3, 0.4) is 0 Å². The van der Waals surface area contributed by atoms with E-state index in [1.54, 1.807) is 0 Å². The van der Waals surface area contributed by atoms with Crippen LogP contribution in [-0.4, -0.2) is 9.97 Å². The first kappa shape index (κ1) is 19.0. The van der Waals surface area contributed by atoms with E-state index in [1.807, 2.05) is 0 Å². The van der Waals surface area contributed by atoms with Gasteiger partial charge in [-0.15, -0.1) is 0 Å². The molecule has 0 aliphatic heterocycles. The molecular formula is C18H11ClF5N3. The van der Waals surface area contributed by atoms with Crippen molar-refractivity contribution in [1.82, 2.24) is 9.97 Å². The van der Waals surface area contributed by atoms with Gasteiger partial charge in [0.2, 0.25) is 0 Å². The van der Waals surface area contributed by atoms with Crippen LogP contribution in [-0.2, 0) is 12.7 Å². The van der Waals surface area contributed by atoms with Crippen LogP contribution in [0.2, 0.25) is 5.15 Å². The Morgan fingerprint density at radius 1 is 0.889 bits per heavy atom. The van der Waals surface area contributed by atoms with Crippen molar-refractivity contribution in [1.29, 1.82) is 0 Å². The zero-order valence-electron chi connectivity index (χ0n) is 13.5. The van der Waals surface area contributed by atoms with Gasteiger partial charge in [-0.05, 0) is 29.8 Å². The van der Waals surface area contributed by atoms with Gasteiger partial charge in [0.25, 0.3) is 0 Å². The van der Waals surface area contributed by atoms with Gasteiger partial charge in [-0.25, -0.2) is 18.7 Å². The van der Waals surface area contributed by atoms with Crippen LogP contribution in [0.1, 0.15) is 11.1 Å². The summed E-state index contributed by atoms with van der Waals surface area (Å²) in [6, 6.07) is 9.21. The molecule has 0 saturated heterocycles. The number of benzene rings is 2. The zero-order chi connectivity index (χ0) is 19.6. The van der Waals surface area contributed by atoms with Crippen LogP contribution in [0.25, 0.3) is 11.4 Å². The maximum Gasteiger partial charge on any atom is 0.416 e. The lowest BCUT2D eigenvalue weighted by atomic mass is 10.1. The highest BCUT2D eigenvalue weighted by Gasteiger charge is 2.30. The number of nitrogens with zero attached hydrogens (tertiary/aromatic N) is 2. The van der Waals surface area contributed by atoms with E-state index in [4.69, 9.17) is 11.6 Å². The first-order chi connectivity index (χ1) is 12.7. The molecule has 1 aromatic heterocycles. The molecule has 1 N–H and O–H groups in total. The van der Waals surface area contributed by atoms with Gasteiger partial charge >= 0.3 is 6.18 Å². The number of nitrogens with one attached hydrogen (secondary N) is 1. The van der Waals surface area contributed by atoms with Crippen molar-refractivity contribution in [3.63, 3.8) is 0 Å². The summed E-state index contributed by atoms with van der Waals surface area (Å²) in [5.74, 6) is -1.51. The number of halogens is 6. The van der Waals surface area contributed by atoms with Crippen molar-refractivity contribution in [2.24, 2.45) is 0 Å². The zero-order valence-corrected chi connectivity index (χ0v) is 14.2. The second-order valence-corrected chi connectivity index (χ2v) is 5.96. The third kappa shape index (κ3) is 4.71. The molecule has 140 valence electrons. The molecule has 0 unspecified atom stereocenters. The monoisotopic (exact) mass is 399 g/mol. The van der Waals surface area contributed by atoms with Crippen molar-refractivity contribution in [2.45, 2.75) is 12.7 Å². The molecule has 0 fully saturated rings. The van der Waals surface area contributed by atoms with E-state index in [9.17, 15) is 22.0 Å². The number of rotatable bonds is 4. The fourth-order valence-corrected chi connectivity index (χ4v) is 2.47. The van der Waals surface area contributed by atoms with Crippen LogP contribution in [0, 0.1) is 11.6 Å². The molecule has 0 spiro atoms. The molecule has 0 radical (unpaired) electrons. The summed E-state index contributed by atoms with van der Waals surface area (Å²) in [7, 11) is 0. The lowest BCUT2D eigenvalue weighted by Crippen LogP contribution is -2.05. The lowest BCUT2D eigenvalue weighted by molar-refractivity contribution is -0.137. The highest BCUT2D eigenvalue weighted by Crippen LogP contribution is 2.30. The molecule has 0 bridgehead atoms. The van der Waals surface area contributed by atoms with Crippen LogP contribution in [0.5, 0.6) is 0 Å². The SMILES string of the molecule is Fc1ccc(CNc2cc(Cl)nc(-c3ccc(C(F)(F)F)cc3)n2)cc1F. The molecule has 2 aromatic carbocycles. The topological polar surface area (TPSA) is 37.8 Å². The number of aromatic nitrogens is 2. The minimum Gasteiger partial charge on any atom is -0.366 e. The van der Waals surface area contributed by atoms with Gasteiger partial charge in [-0.2, -0.15) is 13.2 Å². The normalized spacial score (nSPS) is 11.5. The number of hydrogen-bond acceptors (Lipinski definition) is 3. The maximum atomic E-state index is 13.2. The molecular weight excluding hydrogens is 389 g/mol. The highest BCUT2D eigenvalue weighted by molar-refractivity contribution is 6.29. The Bertz CT molecular complexity index is 958. The second kappa shape index (κ2) is 7.48. The Kier molecular flexibility index (Phi) is 5.27. The van der Waals surface area contributed by atoms with Crippen molar-refractivity contribution in [3.8, 4) is 11.4 Å². The lowest BCUT2D eigenvalue weighted by Gasteiger charge is -2.10. The summed E-state index contributed by atoms with van der Waals surface area (Å²) in [4.78, 5) is 8.20. The standard InChI is InChI=1S/C18H11ClF5N3/c19-15-8-16(25-9-10-1-6-13(20)14(21)7-10)27-17(26-15)11-2-4-12(5-3-11)18(22,23)24/h1-8H,9H2,(H,25,26,27). The van der Waals surface area contributed by atoms with Crippen LogP contribution in [0.15, 0.2) is 48.5 Å². The Morgan fingerprint density at radius 2 is 1.59 bits per heavy atom. The quantitative estimate of drug-likeness (QED) is 0.451. The number of alkyl halides is 3. The molecule has 0 atom stereocenters. The van der Waals surface area contributed by atoms with Gasteiger partial charge in [-0.3, -0.25) is 0 Å². The van der Waals surface area contributed by atoms with Gasteiger partial charge in [0.1, 0.15) is 11.0 Å². The van der Waals surface area contributed by atoms with Crippen LogP contribution < -0.4 is 5.32 Å². The summed E-state index contributed by atoms with van der Waals surface area (Å²) in [5.41, 5.74) is 0.0334. The Morgan fingerprint density at radius 3 is 2.22 bits per heavy atom. The maximum absolute atomic E-state index is 13.2. The molecule has 0 amide bonds. The van der Waals surface area contributed by atoms with Crippen molar-refractivity contribution in [2.75, 3.05) is 5.32 Å². The molecule has 0 saturated carbocycles. The van der Waals surface area contributed by atoms with Gasteiger partial charge in [0.05, 0.1) is 5.56 Å². The average Bonchev–Trinajstić information content (AvgIpc) is 2.62. The average molecular weight is 400 g/mol. The number of anilines is 1. The molecule has 27 heavy (non-hydrogen) atoms. The Balaban J connectivity index is 1.80. The highest BCUT2D eigenvalue weighted by atomic mass is 35.5. The van der Waals surface area contributed by atoms with E-state index < -0.39 is 23.4 Å². The molecule has 0 aliphatic rings. The van der Waals surface area contributed by atoms with Crippen molar-refractivity contribution >= 4 is 17.4 Å². The second-order valence-electron chi connectivity index (χ2n) is 5.58. The molecule has 1 heterocycles. The predicted molar refractivity (Wildman–Crippen MR) is 91.2 cm³/mol. The van der Waals surface area contributed by atoms with E-state index in [0.717, 1.165) is 24.3 Å². The van der Waals surface area contributed by atoms with E-state index in [2.05, 4.69) is 15.3 Å². The summed E-state index contributed by atoms with van der Waals surface area (Å²) in [6.45, 7) is 0.136. The third-order valence-electron chi connectivity index (χ3n) is 3.62. The van der Waals surface area contributed by atoms with Crippen molar-refractivity contribution in [3.05, 3.63) is 76.4 Å². The Hall–Kier alpha value is -2.74. The fourth-order valence-electron chi connectivity index (χ4n) is 2.29. The summed E-state index contributed by atoms with van der Waals surface area (Å²) >= 11 is 5.95. The minimum atomic E-state index is -4.44. The minimum absolute atomic E-state index is 0.0766. The molecule has 3 rings (SSSR count). The van der Waals surface area contributed by atoms with Crippen LogP contribution >= 0.6 is 11.6 Å². The molecule has 3 nitrogen and oxygen atoms in total. The first-order valence-corrected chi connectivity index (χ1v) is 8.00. The largest absolute Gasteiger partial charge is 0.416 e. The van der Waals surface area contributed by atoms with Crippen molar-refractivity contribution < 1.29 is 22.0 Å². The molecule has 9 heteroatoms. The van der Waals surface area contributed by atoms with Gasteiger partial charge in [0, 0.05) is 18.2 Å². The van der Waals surface area contributed by atoms with Gasteiger partial charge < -0.3 is 5.32 Å². The molecule has 3 aromatic rings. The summed E-state index contributed by atoms with van der Waals surface area (Å²) in [5, 5.41) is 2.97. The summed E-state index contributed by atoms with van der Waals surface area (Å²) < 4.78 is 64.2. The third-order valence-corrected chi connectivity index (χ3v) is 3.82. The number of hydrogen-bond donors (Lipinski definition) is 1. The van der Waals surface area contributed by atoms with E-state index in [0.29, 0.717) is 11.1 Å². The van der Waals surface area contributed by atoms with Gasteiger partial charge in [0.15, 0.2) is 17.5 Å². The van der Waals surface area contributed by atoms with E-state index in [-0.39, 0.29) is 23.3 Å². The predicted octanol–water partition coefficient (Wildman–Crippen LogP) is 5.71.